The molecule has 0 amide bonds. The van der Waals surface area contributed by atoms with Crippen LogP contribution in [-0.2, 0) is 10.2 Å². The van der Waals surface area contributed by atoms with Gasteiger partial charge >= 0.3 is 5.97 Å². The number of carbonyl (C=O) groups is 1. The number of carboxylic acid groups (broad SMARTS) is 1. The SMILES string of the molecule is O=C(O)C(CCCCCCO)(c1ccccc1)c1ccccc1. The van der Waals surface area contributed by atoms with Crippen LogP contribution in [-0.4, -0.2) is 22.8 Å². The third kappa shape index (κ3) is 3.99. The maximum Gasteiger partial charge on any atom is 0.318 e. The Bertz CT molecular complexity index is 553. The van der Waals surface area contributed by atoms with E-state index in [0.29, 0.717) is 6.42 Å². The van der Waals surface area contributed by atoms with E-state index in [0.717, 1.165) is 36.8 Å². The fourth-order valence-electron chi connectivity index (χ4n) is 3.11. The summed E-state index contributed by atoms with van der Waals surface area (Å²) in [4.78, 5) is 12.3. The minimum Gasteiger partial charge on any atom is -0.480 e. The maximum absolute atomic E-state index is 12.3. The van der Waals surface area contributed by atoms with Crippen molar-refractivity contribution in [3.63, 3.8) is 0 Å². The molecule has 2 N–H and O–H groups in total. The highest BCUT2D eigenvalue weighted by Crippen LogP contribution is 2.37. The van der Waals surface area contributed by atoms with E-state index in [1.807, 2.05) is 60.7 Å². The second-order valence-electron chi connectivity index (χ2n) is 5.83. The number of unbranched alkanes of at least 4 members (excludes halogenated alkanes) is 3. The van der Waals surface area contributed by atoms with Gasteiger partial charge in [-0.05, 0) is 24.0 Å². The molecule has 3 heteroatoms. The van der Waals surface area contributed by atoms with Crippen LogP contribution in [0.5, 0.6) is 0 Å². The Balaban J connectivity index is 2.34. The largest absolute Gasteiger partial charge is 0.480 e. The Labute approximate surface area is 137 Å². The average Bonchev–Trinajstić information content (AvgIpc) is 2.59. The van der Waals surface area contributed by atoms with Crippen molar-refractivity contribution < 1.29 is 15.0 Å². The molecule has 122 valence electrons. The van der Waals surface area contributed by atoms with E-state index in [1.54, 1.807) is 0 Å². The van der Waals surface area contributed by atoms with Crippen molar-refractivity contribution in [1.82, 2.24) is 0 Å². The third-order valence-electron chi connectivity index (χ3n) is 4.36. The molecule has 0 aliphatic rings. The van der Waals surface area contributed by atoms with Crippen LogP contribution >= 0.6 is 0 Å². The molecule has 0 saturated heterocycles. The summed E-state index contributed by atoms with van der Waals surface area (Å²) >= 11 is 0. The van der Waals surface area contributed by atoms with Gasteiger partial charge in [-0.15, -0.1) is 0 Å². The van der Waals surface area contributed by atoms with Gasteiger partial charge in [-0.1, -0.05) is 79.9 Å². The number of benzene rings is 2. The van der Waals surface area contributed by atoms with Crippen LogP contribution in [0.15, 0.2) is 60.7 Å². The predicted molar refractivity (Wildman–Crippen MR) is 91.5 cm³/mol. The van der Waals surface area contributed by atoms with Crippen LogP contribution in [0.3, 0.4) is 0 Å². The minimum absolute atomic E-state index is 0.196. The quantitative estimate of drug-likeness (QED) is 0.688. The molecule has 2 rings (SSSR count). The van der Waals surface area contributed by atoms with Crippen LogP contribution in [0, 0.1) is 0 Å². The number of aliphatic carboxylic acids is 1. The Kier molecular flexibility index (Phi) is 6.36. The van der Waals surface area contributed by atoms with Crippen molar-refractivity contribution in [2.45, 2.75) is 37.5 Å². The molecule has 2 aromatic carbocycles. The summed E-state index contributed by atoms with van der Waals surface area (Å²) in [5, 5.41) is 19.0. The van der Waals surface area contributed by atoms with E-state index in [9.17, 15) is 9.90 Å². The monoisotopic (exact) mass is 312 g/mol. The first kappa shape index (κ1) is 17.2. The zero-order valence-corrected chi connectivity index (χ0v) is 13.3. The lowest BCUT2D eigenvalue weighted by Gasteiger charge is -2.31. The number of rotatable bonds is 9. The molecule has 0 atom stereocenters. The van der Waals surface area contributed by atoms with Gasteiger partial charge in [-0.3, -0.25) is 4.79 Å². The van der Waals surface area contributed by atoms with E-state index < -0.39 is 11.4 Å². The van der Waals surface area contributed by atoms with Crippen LogP contribution in [0.25, 0.3) is 0 Å². The lowest BCUT2D eigenvalue weighted by atomic mass is 9.71. The Hall–Kier alpha value is -2.13. The number of hydrogen-bond donors (Lipinski definition) is 2. The standard InChI is InChI=1S/C20H24O3/c21-16-10-2-1-9-15-20(19(22)23,17-11-5-3-6-12-17)18-13-7-4-8-14-18/h3-8,11-14,21H,1-2,9-10,15-16H2,(H,22,23). The van der Waals surface area contributed by atoms with E-state index in [2.05, 4.69) is 0 Å². The summed E-state index contributed by atoms with van der Waals surface area (Å²) in [6.45, 7) is 0.196. The maximum atomic E-state index is 12.3. The summed E-state index contributed by atoms with van der Waals surface area (Å²) in [7, 11) is 0. The van der Waals surface area contributed by atoms with Gasteiger partial charge in [-0.25, -0.2) is 0 Å². The number of carboxylic acids is 1. The molecule has 3 nitrogen and oxygen atoms in total. The minimum atomic E-state index is -1.01. The lowest BCUT2D eigenvalue weighted by molar-refractivity contribution is -0.142. The summed E-state index contributed by atoms with van der Waals surface area (Å²) in [6, 6.07) is 19.0. The second kappa shape index (κ2) is 8.49. The van der Waals surface area contributed by atoms with Gasteiger partial charge in [0.1, 0.15) is 5.41 Å². The van der Waals surface area contributed by atoms with E-state index in [-0.39, 0.29) is 6.61 Å². The molecule has 0 heterocycles. The van der Waals surface area contributed by atoms with Crippen LogP contribution in [0.2, 0.25) is 0 Å². The van der Waals surface area contributed by atoms with Crippen LogP contribution in [0.4, 0.5) is 0 Å². The van der Waals surface area contributed by atoms with Gasteiger partial charge in [-0.2, -0.15) is 0 Å². The van der Waals surface area contributed by atoms with Gasteiger partial charge in [0.15, 0.2) is 0 Å². The summed E-state index contributed by atoms with van der Waals surface area (Å²) in [5.41, 5.74) is 0.628. The van der Waals surface area contributed by atoms with Crippen LogP contribution in [0.1, 0.15) is 43.2 Å². The topological polar surface area (TPSA) is 57.5 Å². The number of hydrogen-bond acceptors (Lipinski definition) is 2. The summed E-state index contributed by atoms with van der Waals surface area (Å²) in [6.07, 6.45) is 4.00. The second-order valence-corrected chi connectivity index (χ2v) is 5.83. The molecule has 23 heavy (non-hydrogen) atoms. The van der Waals surface area contributed by atoms with Crippen molar-refractivity contribution in [3.8, 4) is 0 Å². The Morgan fingerprint density at radius 2 is 1.26 bits per heavy atom. The van der Waals surface area contributed by atoms with E-state index in [4.69, 9.17) is 5.11 Å². The zero-order valence-electron chi connectivity index (χ0n) is 13.3. The first-order valence-corrected chi connectivity index (χ1v) is 8.17. The molecule has 0 fully saturated rings. The van der Waals surface area contributed by atoms with Crippen molar-refractivity contribution in [3.05, 3.63) is 71.8 Å². The van der Waals surface area contributed by atoms with Gasteiger partial charge < -0.3 is 10.2 Å². The average molecular weight is 312 g/mol. The molecule has 2 aromatic rings. The molecular weight excluding hydrogens is 288 g/mol. The van der Waals surface area contributed by atoms with Gasteiger partial charge in [0.05, 0.1) is 0 Å². The van der Waals surface area contributed by atoms with Crippen molar-refractivity contribution >= 4 is 5.97 Å². The molecule has 0 aromatic heterocycles. The van der Waals surface area contributed by atoms with Crippen molar-refractivity contribution in [2.75, 3.05) is 6.61 Å². The molecular formula is C20H24O3. The van der Waals surface area contributed by atoms with Gasteiger partial charge in [0.2, 0.25) is 0 Å². The first-order valence-electron chi connectivity index (χ1n) is 8.17. The van der Waals surface area contributed by atoms with E-state index >= 15 is 0 Å². The highest BCUT2D eigenvalue weighted by Gasteiger charge is 2.41. The van der Waals surface area contributed by atoms with Crippen molar-refractivity contribution in [2.24, 2.45) is 0 Å². The molecule has 0 unspecified atom stereocenters. The Morgan fingerprint density at radius 1 is 0.783 bits per heavy atom. The highest BCUT2D eigenvalue weighted by atomic mass is 16.4. The first-order chi connectivity index (χ1) is 11.2. The molecule has 0 aliphatic carbocycles. The molecule has 0 aliphatic heterocycles. The normalized spacial score (nSPS) is 11.3. The van der Waals surface area contributed by atoms with Crippen molar-refractivity contribution in [1.29, 1.82) is 0 Å². The predicted octanol–water partition coefficient (Wildman–Crippen LogP) is 4.00. The third-order valence-corrected chi connectivity index (χ3v) is 4.36. The lowest BCUT2D eigenvalue weighted by Crippen LogP contribution is -2.37. The zero-order chi connectivity index (χ0) is 16.5. The van der Waals surface area contributed by atoms with E-state index in [1.165, 1.54) is 0 Å². The van der Waals surface area contributed by atoms with Crippen LogP contribution < -0.4 is 0 Å². The molecule has 0 radical (unpaired) electrons. The highest BCUT2D eigenvalue weighted by molar-refractivity contribution is 5.86. The summed E-state index contributed by atoms with van der Waals surface area (Å²) in [5.74, 6) is -0.808. The molecule has 0 bridgehead atoms. The fraction of sp³-hybridized carbons (Fsp3) is 0.350. The number of aliphatic hydroxyl groups is 1. The molecule has 0 saturated carbocycles. The number of aliphatic hydroxyl groups excluding tert-OH is 1. The Morgan fingerprint density at radius 3 is 1.70 bits per heavy atom. The summed E-state index contributed by atoms with van der Waals surface area (Å²) < 4.78 is 0. The van der Waals surface area contributed by atoms with Gasteiger partial charge in [0.25, 0.3) is 0 Å². The van der Waals surface area contributed by atoms with Gasteiger partial charge in [0, 0.05) is 6.61 Å². The smallest absolute Gasteiger partial charge is 0.318 e. The molecule has 0 spiro atoms. The fourth-order valence-corrected chi connectivity index (χ4v) is 3.11.